The first kappa shape index (κ1) is 24.4. The van der Waals surface area contributed by atoms with Crippen molar-refractivity contribution in [2.75, 3.05) is 0 Å². The molecule has 167 valence electrons. The van der Waals surface area contributed by atoms with Gasteiger partial charge in [-0.2, -0.15) is 16.8 Å². The summed E-state index contributed by atoms with van der Waals surface area (Å²) in [4.78, 5) is 15.2. The highest BCUT2D eigenvalue weighted by Gasteiger charge is 2.46. The maximum Gasteiger partial charge on any atom is 0.303 e. The normalized spacial score (nSPS) is 19.0. The maximum absolute atomic E-state index is 11.3. The molecule has 0 bridgehead atoms. The van der Waals surface area contributed by atoms with E-state index >= 15 is 0 Å². The lowest BCUT2D eigenvalue weighted by Gasteiger charge is -2.21. The Bertz CT molecular complexity index is 1010. The van der Waals surface area contributed by atoms with Gasteiger partial charge in [0.05, 0.1) is 10.4 Å². The molecule has 0 amide bonds. The summed E-state index contributed by atoms with van der Waals surface area (Å²) in [6, 6.07) is 5.33. The minimum absolute atomic E-state index is 0.0191. The summed E-state index contributed by atoms with van der Waals surface area (Å²) in [5.74, 6) is -0.817. The molecule has 0 spiro atoms. The fraction of sp³-hybridized carbons (Fsp3) is 0.579. The average Bonchev–Trinajstić information content (AvgIpc) is 2.83. The molecule has 1 radical (unpaired) electrons. The van der Waals surface area contributed by atoms with Crippen LogP contribution in [0.3, 0.4) is 0 Å². The minimum atomic E-state index is -4.96. The van der Waals surface area contributed by atoms with Crippen molar-refractivity contribution in [1.29, 1.82) is 0 Å². The van der Waals surface area contributed by atoms with E-state index in [4.69, 9.17) is 14.2 Å². The Kier molecular flexibility index (Phi) is 7.44. The van der Waals surface area contributed by atoms with Crippen LogP contribution in [0.5, 0.6) is 0 Å². The highest BCUT2D eigenvalue weighted by molar-refractivity contribution is 8.03. The van der Waals surface area contributed by atoms with Crippen LogP contribution in [0.15, 0.2) is 18.2 Å². The average molecular weight is 462 g/mol. The quantitative estimate of drug-likeness (QED) is 0.334. The summed E-state index contributed by atoms with van der Waals surface area (Å²) in [6.07, 6.45) is 2.61. The Morgan fingerprint density at radius 1 is 1.10 bits per heavy atom. The smallest absolute Gasteiger partial charge is 0.303 e. The highest BCUT2D eigenvalue weighted by atomic mass is 32.3. The molecule has 3 N–H and O–H groups in total. The van der Waals surface area contributed by atoms with Crippen LogP contribution in [0.25, 0.3) is 0 Å². The molecular formula is C19H27NO8S2+. The molecule has 11 heteroatoms. The predicted octanol–water partition coefficient (Wildman–Crippen LogP) is 2.46. The van der Waals surface area contributed by atoms with Crippen molar-refractivity contribution in [1.82, 2.24) is 4.99 Å². The molecule has 9 nitrogen and oxygen atoms in total. The van der Waals surface area contributed by atoms with Gasteiger partial charge < -0.3 is 5.11 Å². The molecule has 0 aromatic heterocycles. The molecule has 1 aliphatic rings. The summed E-state index contributed by atoms with van der Waals surface area (Å²) in [7, 11) is -9.92. The van der Waals surface area contributed by atoms with E-state index < -0.39 is 37.2 Å². The van der Waals surface area contributed by atoms with Crippen molar-refractivity contribution in [2.45, 2.75) is 68.8 Å². The number of carbonyl (C=O) groups is 1. The van der Waals surface area contributed by atoms with Gasteiger partial charge in [0.25, 0.3) is 25.9 Å². The van der Waals surface area contributed by atoms with Gasteiger partial charge in [0.2, 0.25) is 10.3 Å². The van der Waals surface area contributed by atoms with E-state index in [-0.39, 0.29) is 18.3 Å². The number of nitrogens with zero attached hydrogens (tertiary/aromatic N) is 1. The third-order valence-electron chi connectivity index (χ3n) is 5.64. The monoisotopic (exact) mass is 461 g/mol. The van der Waals surface area contributed by atoms with Crippen LogP contribution in [0, 0.1) is 0 Å². The molecule has 1 aliphatic heterocycles. The Balaban J connectivity index is 2.15. The summed E-state index contributed by atoms with van der Waals surface area (Å²) in [6.45, 7) is 3.96. The van der Waals surface area contributed by atoms with Crippen LogP contribution >= 0.6 is 0 Å². The molecule has 0 saturated carbocycles. The summed E-state index contributed by atoms with van der Waals surface area (Å²) in [5.41, 5.74) is 2.94. The van der Waals surface area contributed by atoms with Crippen molar-refractivity contribution in [3.05, 3.63) is 29.3 Å². The zero-order chi connectivity index (χ0) is 22.7. The first-order chi connectivity index (χ1) is 13.7. The number of aliphatic carboxylic acids is 1. The summed E-state index contributed by atoms with van der Waals surface area (Å²) in [5, 5.41) is 8.74. The summed E-state index contributed by atoms with van der Waals surface area (Å²) >= 11 is 0. The van der Waals surface area contributed by atoms with Gasteiger partial charge in [-0.05, 0) is 44.2 Å². The van der Waals surface area contributed by atoms with E-state index in [1.807, 2.05) is 19.9 Å². The Labute approximate surface area is 176 Å². The lowest BCUT2D eigenvalue weighted by molar-refractivity contribution is -0.137. The van der Waals surface area contributed by atoms with Gasteiger partial charge in [-0.25, -0.2) is 0 Å². The van der Waals surface area contributed by atoms with Crippen LogP contribution < -0.4 is 4.99 Å². The zero-order valence-corrected chi connectivity index (χ0v) is 18.5. The molecule has 2 rings (SSSR count). The van der Waals surface area contributed by atoms with Crippen LogP contribution in [0.2, 0.25) is 0 Å². The maximum atomic E-state index is 11.3. The highest BCUT2D eigenvalue weighted by Crippen LogP contribution is 2.40. The fourth-order valence-electron chi connectivity index (χ4n) is 3.76. The van der Waals surface area contributed by atoms with Gasteiger partial charge in [0.1, 0.15) is 0 Å². The number of unbranched alkanes of at least 4 members (excludes halogenated alkanes) is 2. The molecular weight excluding hydrogens is 434 g/mol. The first-order valence-corrected chi connectivity index (χ1v) is 12.6. The number of aliphatic imine (C=N–C) groups is 1. The Morgan fingerprint density at radius 3 is 2.30 bits per heavy atom. The van der Waals surface area contributed by atoms with Gasteiger partial charge in [-0.15, -0.1) is 0 Å². The van der Waals surface area contributed by atoms with E-state index in [2.05, 4.69) is 4.99 Å². The largest absolute Gasteiger partial charge is 0.481 e. The van der Waals surface area contributed by atoms with Crippen LogP contribution in [0.4, 0.5) is 5.69 Å². The van der Waals surface area contributed by atoms with Gasteiger partial charge >= 0.3 is 5.97 Å². The molecule has 0 saturated heterocycles. The number of carboxylic acid groups (broad SMARTS) is 1. The molecule has 1 aromatic carbocycles. The Morgan fingerprint density at radius 2 is 1.73 bits per heavy atom. The molecule has 0 aliphatic carbocycles. The number of benzene rings is 1. The van der Waals surface area contributed by atoms with Crippen LogP contribution in [-0.2, 0) is 36.9 Å². The van der Waals surface area contributed by atoms with E-state index in [1.165, 1.54) is 0 Å². The van der Waals surface area contributed by atoms with Crippen LogP contribution in [0.1, 0.15) is 63.5 Å². The molecule has 0 fully saturated rings. The lowest BCUT2D eigenvalue weighted by Crippen LogP contribution is -2.30. The molecule has 1 heterocycles. The topological polar surface area (TPSA) is 160 Å². The number of hydrogen-bond donors (Lipinski definition) is 3. The molecule has 1 unspecified atom stereocenters. The summed E-state index contributed by atoms with van der Waals surface area (Å²) < 4.78 is 61.2. The van der Waals surface area contributed by atoms with Crippen molar-refractivity contribution in [3.8, 4) is 0 Å². The molecule has 30 heavy (non-hydrogen) atoms. The minimum Gasteiger partial charge on any atom is -0.481 e. The van der Waals surface area contributed by atoms with E-state index in [9.17, 15) is 21.6 Å². The van der Waals surface area contributed by atoms with Crippen molar-refractivity contribution in [2.24, 2.45) is 0 Å². The second-order valence-electron chi connectivity index (χ2n) is 7.83. The van der Waals surface area contributed by atoms with E-state index in [1.54, 1.807) is 12.1 Å². The van der Waals surface area contributed by atoms with Gasteiger partial charge in [0, 0.05) is 25.0 Å². The molecule has 1 aromatic rings. The number of aryl methyl sites for hydroxylation is 1. The number of hydrogen-bond acceptors (Lipinski definition) is 6. The predicted molar refractivity (Wildman–Crippen MR) is 112 cm³/mol. The fourth-order valence-corrected chi connectivity index (χ4v) is 5.82. The van der Waals surface area contributed by atoms with Gasteiger partial charge in [-0.1, -0.05) is 18.9 Å². The van der Waals surface area contributed by atoms with Crippen molar-refractivity contribution >= 4 is 37.6 Å². The zero-order valence-electron chi connectivity index (χ0n) is 16.9. The third-order valence-corrected chi connectivity index (χ3v) is 8.90. The van der Waals surface area contributed by atoms with Crippen molar-refractivity contribution in [3.63, 3.8) is 0 Å². The number of carboxylic acids is 1. The third kappa shape index (κ3) is 5.87. The SMILES string of the molecule is CC1=[N+]c2ccc(CCC(S(=O)(=O)O)S(=O)(=O)O)cc2C1(C)CCCCCC(=O)O. The Hall–Kier alpha value is -1.82. The van der Waals surface area contributed by atoms with Crippen molar-refractivity contribution < 1.29 is 35.8 Å². The van der Waals surface area contributed by atoms with E-state index in [0.29, 0.717) is 12.0 Å². The number of fused-ring (bicyclic) bond motifs is 1. The van der Waals surface area contributed by atoms with Gasteiger partial charge in [0.15, 0.2) is 0 Å². The van der Waals surface area contributed by atoms with Gasteiger partial charge in [-0.3, -0.25) is 13.9 Å². The van der Waals surface area contributed by atoms with E-state index in [0.717, 1.165) is 36.2 Å². The number of rotatable bonds is 11. The second-order valence-corrected chi connectivity index (χ2v) is 11.3. The van der Waals surface area contributed by atoms with Crippen LogP contribution in [-0.4, -0.2) is 47.3 Å². The standard InChI is InChI=1S/C19H27NO8S2/c1-13-19(2,11-5-3-4-6-17(21)22)15-12-14(7-9-16(15)20-13)8-10-18(29(23,24)25)30(26,27)28/h7,9,12,18H,3-6,8,10-11H2,1-2H3,(H,21,22)(H,23,24,25)(H,26,27,28)/q+1. The lowest BCUT2D eigenvalue weighted by atomic mass is 9.75. The first-order valence-electron chi connectivity index (χ1n) is 9.59. The second kappa shape index (κ2) is 9.13. The molecule has 1 atom stereocenters.